The minimum atomic E-state index is 0.167. The van der Waals surface area contributed by atoms with Gasteiger partial charge in [0.25, 0.3) is 0 Å². The molecular weight excluding hydrogens is 210 g/mol. The minimum absolute atomic E-state index is 0.167. The van der Waals surface area contributed by atoms with Gasteiger partial charge in [0.15, 0.2) is 0 Å². The molecule has 1 saturated carbocycles. The Hall–Kier alpha value is -0.240. The first-order valence-electron chi connectivity index (χ1n) is 5.89. The van der Waals surface area contributed by atoms with E-state index < -0.39 is 0 Å². The number of halogens is 1. The topological polar surface area (TPSA) is 29.1 Å². The molecular formula is C12H22ClNO. The van der Waals surface area contributed by atoms with Gasteiger partial charge in [-0.25, -0.2) is 0 Å². The highest BCUT2D eigenvalue weighted by Gasteiger charge is 2.27. The van der Waals surface area contributed by atoms with Crippen LogP contribution in [0.5, 0.6) is 0 Å². The molecule has 0 aliphatic heterocycles. The van der Waals surface area contributed by atoms with Gasteiger partial charge in [-0.15, -0.1) is 11.6 Å². The zero-order chi connectivity index (χ0) is 11.3. The van der Waals surface area contributed by atoms with Crippen LogP contribution in [0.25, 0.3) is 0 Å². The number of carbonyl (C=O) groups excluding carboxylic acids is 1. The summed E-state index contributed by atoms with van der Waals surface area (Å²) < 4.78 is 0. The summed E-state index contributed by atoms with van der Waals surface area (Å²) in [5.41, 5.74) is 0.470. The van der Waals surface area contributed by atoms with Crippen LogP contribution < -0.4 is 5.32 Å². The molecule has 0 heterocycles. The summed E-state index contributed by atoms with van der Waals surface area (Å²) in [6.07, 6.45) is 6.04. The molecule has 88 valence electrons. The minimum Gasteiger partial charge on any atom is -0.353 e. The van der Waals surface area contributed by atoms with Crippen molar-refractivity contribution < 1.29 is 4.79 Å². The van der Waals surface area contributed by atoms with Crippen molar-refractivity contribution >= 4 is 17.5 Å². The van der Waals surface area contributed by atoms with Gasteiger partial charge in [-0.3, -0.25) is 4.79 Å². The third-order valence-electron chi connectivity index (χ3n) is 3.24. The van der Waals surface area contributed by atoms with Crippen LogP contribution in [0.4, 0.5) is 0 Å². The smallest absolute Gasteiger partial charge is 0.220 e. The van der Waals surface area contributed by atoms with Gasteiger partial charge in [-0.05, 0) is 37.5 Å². The van der Waals surface area contributed by atoms with E-state index in [0.717, 1.165) is 19.3 Å². The van der Waals surface area contributed by atoms with Gasteiger partial charge in [0.2, 0.25) is 5.91 Å². The Labute approximate surface area is 97.8 Å². The van der Waals surface area contributed by atoms with Crippen LogP contribution in [0.3, 0.4) is 0 Å². The molecule has 2 nitrogen and oxygen atoms in total. The van der Waals surface area contributed by atoms with Gasteiger partial charge in [-0.1, -0.05) is 13.8 Å². The van der Waals surface area contributed by atoms with E-state index in [1.54, 1.807) is 0 Å². The van der Waals surface area contributed by atoms with Gasteiger partial charge in [0.05, 0.1) is 0 Å². The van der Waals surface area contributed by atoms with E-state index >= 15 is 0 Å². The molecule has 0 unspecified atom stereocenters. The predicted octanol–water partition coefficient (Wildman–Crippen LogP) is 3.09. The second kappa shape index (κ2) is 5.74. The molecule has 1 rings (SSSR count). The molecule has 3 heteroatoms. The fourth-order valence-corrected chi connectivity index (χ4v) is 2.20. The third kappa shape index (κ3) is 4.87. The Morgan fingerprint density at radius 3 is 2.53 bits per heavy atom. The van der Waals surface area contributed by atoms with Gasteiger partial charge >= 0.3 is 0 Å². The van der Waals surface area contributed by atoms with E-state index in [-0.39, 0.29) is 5.91 Å². The summed E-state index contributed by atoms with van der Waals surface area (Å²) in [6.45, 7) is 4.61. The van der Waals surface area contributed by atoms with E-state index in [1.807, 2.05) is 0 Å². The van der Waals surface area contributed by atoms with Crippen LogP contribution in [-0.2, 0) is 4.79 Å². The third-order valence-corrected chi connectivity index (χ3v) is 3.51. The first-order valence-corrected chi connectivity index (χ1v) is 6.42. The first-order chi connectivity index (χ1) is 7.03. The molecule has 0 radical (unpaired) electrons. The summed E-state index contributed by atoms with van der Waals surface area (Å²) in [5.74, 6) is 0.742. The molecule has 15 heavy (non-hydrogen) atoms. The number of rotatable bonds is 4. The Morgan fingerprint density at radius 2 is 2.00 bits per heavy atom. The fourth-order valence-electron chi connectivity index (χ4n) is 2.07. The molecule has 1 aliphatic carbocycles. The van der Waals surface area contributed by atoms with Gasteiger partial charge in [-0.2, -0.15) is 0 Å². The van der Waals surface area contributed by atoms with Crippen LogP contribution in [0, 0.1) is 5.41 Å². The molecule has 0 aromatic rings. The van der Waals surface area contributed by atoms with Crippen molar-refractivity contribution in [3.05, 3.63) is 0 Å². The maximum absolute atomic E-state index is 11.5. The maximum Gasteiger partial charge on any atom is 0.220 e. The second-order valence-corrected chi connectivity index (χ2v) is 5.68. The number of hydrogen-bond acceptors (Lipinski definition) is 1. The normalized spacial score (nSPS) is 21.3. The van der Waals surface area contributed by atoms with Crippen molar-refractivity contribution in [3.63, 3.8) is 0 Å². The molecule has 1 fully saturated rings. The van der Waals surface area contributed by atoms with E-state index in [0.29, 0.717) is 23.8 Å². The molecule has 0 saturated heterocycles. The predicted molar refractivity (Wildman–Crippen MR) is 64.1 cm³/mol. The largest absolute Gasteiger partial charge is 0.353 e. The standard InChI is InChI=1S/C12H22ClNO/c1-12(2)7-5-10(6-8-12)14-11(15)4-3-9-13/h10H,3-9H2,1-2H3,(H,14,15). The molecule has 0 bridgehead atoms. The quantitative estimate of drug-likeness (QED) is 0.741. The van der Waals surface area contributed by atoms with Crippen molar-refractivity contribution in [3.8, 4) is 0 Å². The van der Waals surface area contributed by atoms with E-state index in [4.69, 9.17) is 11.6 Å². The van der Waals surface area contributed by atoms with Gasteiger partial charge in [0, 0.05) is 18.3 Å². The molecule has 0 spiro atoms. The number of carbonyl (C=O) groups is 1. The van der Waals surface area contributed by atoms with E-state index in [1.165, 1.54) is 12.8 Å². The Bertz CT molecular complexity index is 206. The highest BCUT2D eigenvalue weighted by atomic mass is 35.5. The lowest BCUT2D eigenvalue weighted by Crippen LogP contribution is -2.39. The van der Waals surface area contributed by atoms with Crippen LogP contribution in [0.15, 0.2) is 0 Å². The zero-order valence-electron chi connectivity index (χ0n) is 9.81. The Balaban J connectivity index is 2.21. The lowest BCUT2D eigenvalue weighted by molar-refractivity contribution is -0.122. The van der Waals surface area contributed by atoms with Crippen molar-refractivity contribution in [1.29, 1.82) is 0 Å². The molecule has 0 aromatic carbocycles. The molecule has 1 N–H and O–H groups in total. The Kier molecular flexibility index (Phi) is 4.91. The van der Waals surface area contributed by atoms with Gasteiger partial charge < -0.3 is 5.32 Å². The van der Waals surface area contributed by atoms with Crippen LogP contribution in [-0.4, -0.2) is 17.8 Å². The first kappa shape index (κ1) is 12.8. The van der Waals surface area contributed by atoms with Crippen molar-refractivity contribution in [2.75, 3.05) is 5.88 Å². The lowest BCUT2D eigenvalue weighted by Gasteiger charge is -2.34. The summed E-state index contributed by atoms with van der Waals surface area (Å²) in [5, 5.41) is 3.09. The van der Waals surface area contributed by atoms with Gasteiger partial charge in [0.1, 0.15) is 0 Å². The van der Waals surface area contributed by atoms with Crippen molar-refractivity contribution in [2.24, 2.45) is 5.41 Å². The molecule has 0 aromatic heterocycles. The lowest BCUT2D eigenvalue weighted by atomic mass is 9.75. The molecule has 0 atom stereocenters. The zero-order valence-corrected chi connectivity index (χ0v) is 10.6. The monoisotopic (exact) mass is 231 g/mol. The average molecular weight is 232 g/mol. The molecule has 1 aliphatic rings. The highest BCUT2D eigenvalue weighted by molar-refractivity contribution is 6.17. The fraction of sp³-hybridized carbons (Fsp3) is 0.917. The van der Waals surface area contributed by atoms with Crippen molar-refractivity contribution in [2.45, 2.75) is 58.4 Å². The highest BCUT2D eigenvalue weighted by Crippen LogP contribution is 2.34. The van der Waals surface area contributed by atoms with Crippen LogP contribution >= 0.6 is 11.6 Å². The average Bonchev–Trinajstić information content (AvgIpc) is 2.18. The number of hydrogen-bond donors (Lipinski definition) is 1. The second-order valence-electron chi connectivity index (χ2n) is 5.30. The maximum atomic E-state index is 11.5. The molecule has 1 amide bonds. The number of nitrogens with one attached hydrogen (secondary N) is 1. The van der Waals surface area contributed by atoms with Crippen molar-refractivity contribution in [1.82, 2.24) is 5.32 Å². The summed E-state index contributed by atoms with van der Waals surface area (Å²) in [7, 11) is 0. The number of alkyl halides is 1. The van der Waals surface area contributed by atoms with Crippen LogP contribution in [0.1, 0.15) is 52.4 Å². The van der Waals surface area contributed by atoms with E-state index in [2.05, 4.69) is 19.2 Å². The summed E-state index contributed by atoms with van der Waals surface area (Å²) in [4.78, 5) is 11.5. The summed E-state index contributed by atoms with van der Waals surface area (Å²) in [6, 6.07) is 0.404. The summed E-state index contributed by atoms with van der Waals surface area (Å²) >= 11 is 5.55. The van der Waals surface area contributed by atoms with E-state index in [9.17, 15) is 4.79 Å². The van der Waals surface area contributed by atoms with Crippen LogP contribution in [0.2, 0.25) is 0 Å². The Morgan fingerprint density at radius 1 is 1.40 bits per heavy atom. The SMILES string of the molecule is CC1(C)CCC(NC(=O)CCCCl)CC1. The number of amides is 1.